The molecule has 2 heterocycles. The van der Waals surface area contributed by atoms with Crippen LogP contribution in [0, 0.1) is 6.92 Å². The predicted octanol–water partition coefficient (Wildman–Crippen LogP) is 3.54. The Kier molecular flexibility index (Phi) is 5.27. The molecule has 7 nitrogen and oxygen atoms in total. The van der Waals surface area contributed by atoms with Gasteiger partial charge in [-0.25, -0.2) is 13.5 Å². The molecule has 0 saturated heterocycles. The van der Waals surface area contributed by atoms with E-state index in [0.29, 0.717) is 22.8 Å². The average molecular weight is 382 g/mol. The second-order valence-corrected chi connectivity index (χ2v) is 5.64. The Bertz CT molecular complexity index is 902. The second-order valence-electron chi connectivity index (χ2n) is 5.25. The minimum atomic E-state index is -2.53. The van der Waals surface area contributed by atoms with E-state index in [1.807, 2.05) is 0 Å². The molecule has 0 aliphatic rings. The summed E-state index contributed by atoms with van der Waals surface area (Å²) in [5.74, 6) is 0.500. The molecule has 26 heavy (non-hydrogen) atoms. The molecule has 1 aromatic carbocycles. The SMILES string of the molecule is COc1cc(Cl)nnc1OCc1c(C)nnn1-c1ccc(C(F)F)cc1. The highest BCUT2D eigenvalue weighted by molar-refractivity contribution is 6.29. The monoisotopic (exact) mass is 381 g/mol. The molecule has 0 fully saturated rings. The van der Waals surface area contributed by atoms with Crippen molar-refractivity contribution in [1.82, 2.24) is 25.2 Å². The molecule has 0 bridgehead atoms. The van der Waals surface area contributed by atoms with Gasteiger partial charge < -0.3 is 9.47 Å². The number of nitrogens with zero attached hydrogens (tertiary/aromatic N) is 5. The zero-order valence-electron chi connectivity index (χ0n) is 13.9. The number of halogens is 3. The fourth-order valence-corrected chi connectivity index (χ4v) is 2.37. The van der Waals surface area contributed by atoms with Crippen molar-refractivity contribution in [2.45, 2.75) is 20.0 Å². The molecule has 3 rings (SSSR count). The number of ether oxygens (including phenoxy) is 2. The molecule has 2 aromatic heterocycles. The van der Waals surface area contributed by atoms with Gasteiger partial charge in [-0.1, -0.05) is 28.9 Å². The zero-order chi connectivity index (χ0) is 18.7. The summed E-state index contributed by atoms with van der Waals surface area (Å²) in [4.78, 5) is 0. The normalized spacial score (nSPS) is 11.0. The fraction of sp³-hybridized carbons (Fsp3) is 0.250. The van der Waals surface area contributed by atoms with Gasteiger partial charge in [0.1, 0.15) is 12.3 Å². The molecule has 0 aliphatic heterocycles. The van der Waals surface area contributed by atoms with Crippen LogP contribution in [0.15, 0.2) is 30.3 Å². The summed E-state index contributed by atoms with van der Waals surface area (Å²) >= 11 is 5.77. The van der Waals surface area contributed by atoms with Crippen molar-refractivity contribution in [3.05, 3.63) is 52.4 Å². The number of benzene rings is 1. The van der Waals surface area contributed by atoms with Gasteiger partial charge in [0.15, 0.2) is 10.9 Å². The van der Waals surface area contributed by atoms with Crippen molar-refractivity contribution in [1.29, 1.82) is 0 Å². The van der Waals surface area contributed by atoms with E-state index in [9.17, 15) is 8.78 Å². The minimum absolute atomic E-state index is 0.0652. The van der Waals surface area contributed by atoms with E-state index >= 15 is 0 Å². The smallest absolute Gasteiger partial charge is 0.276 e. The topological polar surface area (TPSA) is 75.0 Å². The molecular formula is C16H14ClF2N5O2. The molecule has 0 atom stereocenters. The highest BCUT2D eigenvalue weighted by Gasteiger charge is 2.15. The summed E-state index contributed by atoms with van der Waals surface area (Å²) in [7, 11) is 1.46. The second kappa shape index (κ2) is 7.61. The number of alkyl halides is 2. The number of aryl methyl sites for hydroxylation is 1. The van der Waals surface area contributed by atoms with Gasteiger partial charge in [-0.3, -0.25) is 0 Å². The van der Waals surface area contributed by atoms with E-state index < -0.39 is 6.43 Å². The molecule has 0 radical (unpaired) electrons. The molecule has 0 unspecified atom stereocenters. The third-order valence-electron chi connectivity index (χ3n) is 3.61. The van der Waals surface area contributed by atoms with Crippen molar-refractivity contribution in [3.63, 3.8) is 0 Å². The lowest BCUT2D eigenvalue weighted by Gasteiger charge is -2.11. The number of hydrogen-bond donors (Lipinski definition) is 0. The average Bonchev–Trinajstić information content (AvgIpc) is 3.01. The number of hydrogen-bond acceptors (Lipinski definition) is 6. The molecule has 0 aliphatic carbocycles. The van der Waals surface area contributed by atoms with Crippen LogP contribution in [0.3, 0.4) is 0 Å². The van der Waals surface area contributed by atoms with Crippen LogP contribution in [0.25, 0.3) is 5.69 Å². The van der Waals surface area contributed by atoms with Crippen molar-refractivity contribution >= 4 is 11.6 Å². The van der Waals surface area contributed by atoms with Gasteiger partial charge in [-0.05, 0) is 19.1 Å². The predicted molar refractivity (Wildman–Crippen MR) is 89.0 cm³/mol. The van der Waals surface area contributed by atoms with E-state index in [-0.39, 0.29) is 23.2 Å². The van der Waals surface area contributed by atoms with Gasteiger partial charge in [0, 0.05) is 11.6 Å². The summed E-state index contributed by atoms with van der Waals surface area (Å²) in [6, 6.07) is 7.25. The third-order valence-corrected chi connectivity index (χ3v) is 3.79. The van der Waals surface area contributed by atoms with Crippen LogP contribution in [0.2, 0.25) is 5.15 Å². The molecule has 3 aromatic rings. The van der Waals surface area contributed by atoms with Crippen molar-refractivity contribution in [3.8, 4) is 17.3 Å². The van der Waals surface area contributed by atoms with Crippen LogP contribution >= 0.6 is 11.6 Å². The first-order valence-electron chi connectivity index (χ1n) is 7.49. The number of methoxy groups -OCH3 is 1. The largest absolute Gasteiger partial charge is 0.491 e. The van der Waals surface area contributed by atoms with Crippen LogP contribution in [-0.4, -0.2) is 32.3 Å². The van der Waals surface area contributed by atoms with Crippen molar-refractivity contribution in [2.24, 2.45) is 0 Å². The maximum absolute atomic E-state index is 12.7. The van der Waals surface area contributed by atoms with Crippen LogP contribution < -0.4 is 9.47 Å². The quantitative estimate of drug-likeness (QED) is 0.650. The van der Waals surface area contributed by atoms with Gasteiger partial charge in [0.05, 0.1) is 18.5 Å². The van der Waals surface area contributed by atoms with Gasteiger partial charge in [-0.15, -0.1) is 15.3 Å². The van der Waals surface area contributed by atoms with Crippen LogP contribution in [0.1, 0.15) is 23.4 Å². The minimum Gasteiger partial charge on any atom is -0.491 e. The van der Waals surface area contributed by atoms with E-state index in [2.05, 4.69) is 20.5 Å². The Morgan fingerprint density at radius 3 is 2.54 bits per heavy atom. The van der Waals surface area contributed by atoms with Gasteiger partial charge in [-0.2, -0.15) is 0 Å². The maximum Gasteiger partial charge on any atom is 0.276 e. The summed E-state index contributed by atoms with van der Waals surface area (Å²) in [5.41, 5.74) is 1.78. The molecular weight excluding hydrogens is 368 g/mol. The Morgan fingerprint density at radius 1 is 1.15 bits per heavy atom. The molecule has 136 valence electrons. The maximum atomic E-state index is 12.7. The summed E-state index contributed by atoms with van der Waals surface area (Å²) in [6.07, 6.45) is -2.53. The van der Waals surface area contributed by atoms with Crippen LogP contribution in [0.5, 0.6) is 11.6 Å². The van der Waals surface area contributed by atoms with E-state index in [4.69, 9.17) is 21.1 Å². The first kappa shape index (κ1) is 18.0. The van der Waals surface area contributed by atoms with Crippen molar-refractivity contribution < 1.29 is 18.3 Å². The summed E-state index contributed by atoms with van der Waals surface area (Å²) < 4.78 is 37.7. The molecule has 0 N–H and O–H groups in total. The van der Waals surface area contributed by atoms with Crippen LogP contribution in [0.4, 0.5) is 8.78 Å². The zero-order valence-corrected chi connectivity index (χ0v) is 14.6. The lowest BCUT2D eigenvalue weighted by atomic mass is 10.2. The van der Waals surface area contributed by atoms with Crippen LogP contribution in [-0.2, 0) is 6.61 Å². The Hall–Kier alpha value is -2.81. The van der Waals surface area contributed by atoms with Gasteiger partial charge in [0.25, 0.3) is 12.3 Å². The standard InChI is InChI=1S/C16H14ClF2N5O2/c1-9-12(8-26-16-13(25-2)7-14(17)21-22-16)24(23-20-9)11-5-3-10(4-6-11)15(18)19/h3-7,15H,8H2,1-2H3. The Morgan fingerprint density at radius 2 is 1.88 bits per heavy atom. The fourth-order valence-electron chi connectivity index (χ4n) is 2.24. The van der Waals surface area contributed by atoms with Gasteiger partial charge >= 0.3 is 0 Å². The molecule has 0 spiro atoms. The first-order valence-corrected chi connectivity index (χ1v) is 7.87. The first-order chi connectivity index (χ1) is 12.5. The lowest BCUT2D eigenvalue weighted by Crippen LogP contribution is -2.08. The van der Waals surface area contributed by atoms with Crippen molar-refractivity contribution in [2.75, 3.05) is 7.11 Å². The highest BCUT2D eigenvalue weighted by Crippen LogP contribution is 2.27. The van der Waals surface area contributed by atoms with E-state index in [1.165, 1.54) is 30.0 Å². The summed E-state index contributed by atoms with van der Waals surface area (Å²) in [6.45, 7) is 1.84. The Balaban J connectivity index is 1.84. The molecule has 0 saturated carbocycles. The third kappa shape index (κ3) is 3.72. The highest BCUT2D eigenvalue weighted by atomic mass is 35.5. The van der Waals surface area contributed by atoms with E-state index in [0.717, 1.165) is 0 Å². The number of rotatable bonds is 6. The van der Waals surface area contributed by atoms with E-state index in [1.54, 1.807) is 19.1 Å². The van der Waals surface area contributed by atoms with Gasteiger partial charge in [0.2, 0.25) is 0 Å². The Labute approximate surface area is 152 Å². The molecule has 0 amide bonds. The number of aromatic nitrogens is 5. The lowest BCUT2D eigenvalue weighted by molar-refractivity contribution is 0.151. The summed E-state index contributed by atoms with van der Waals surface area (Å²) in [5, 5.41) is 15.8. The molecule has 10 heteroatoms.